The first-order valence-corrected chi connectivity index (χ1v) is 5.33. The van der Waals surface area contributed by atoms with E-state index >= 15 is 0 Å². The Morgan fingerprint density at radius 2 is 2.41 bits per heavy atom. The normalized spacial score (nSPS) is 9.94. The molecule has 0 spiro atoms. The van der Waals surface area contributed by atoms with Gasteiger partial charge in [0.25, 0.3) is 5.91 Å². The fourth-order valence-corrected chi connectivity index (χ4v) is 1.42. The summed E-state index contributed by atoms with van der Waals surface area (Å²) in [6, 6.07) is 5.18. The van der Waals surface area contributed by atoms with Crippen LogP contribution in [0.4, 0.5) is 5.69 Å². The minimum Gasteiger partial charge on any atom is -0.492 e. The van der Waals surface area contributed by atoms with Gasteiger partial charge in [-0.25, -0.2) is 0 Å². The van der Waals surface area contributed by atoms with Gasteiger partial charge in [-0.05, 0) is 19.1 Å². The molecule has 2 heterocycles. The summed E-state index contributed by atoms with van der Waals surface area (Å²) < 4.78 is 5.39. The Morgan fingerprint density at radius 3 is 3.12 bits per heavy atom. The van der Waals surface area contributed by atoms with Crippen LogP contribution in [0, 0.1) is 0 Å². The molecule has 0 aliphatic carbocycles. The maximum atomic E-state index is 11.8. The van der Waals surface area contributed by atoms with Crippen LogP contribution in [0.2, 0.25) is 0 Å². The van der Waals surface area contributed by atoms with E-state index in [2.05, 4.69) is 15.3 Å². The molecule has 0 saturated heterocycles. The molecule has 1 amide bonds. The minimum absolute atomic E-state index is 0.219. The number of nitrogens with zero attached hydrogens (tertiary/aromatic N) is 1. The minimum atomic E-state index is -0.219. The largest absolute Gasteiger partial charge is 0.492 e. The number of amides is 1. The van der Waals surface area contributed by atoms with Gasteiger partial charge < -0.3 is 15.0 Å². The molecule has 17 heavy (non-hydrogen) atoms. The van der Waals surface area contributed by atoms with Gasteiger partial charge in [0.2, 0.25) is 0 Å². The van der Waals surface area contributed by atoms with Crippen molar-refractivity contribution in [1.82, 2.24) is 9.97 Å². The third kappa shape index (κ3) is 2.63. The van der Waals surface area contributed by atoms with Crippen molar-refractivity contribution in [3.05, 3.63) is 42.5 Å². The molecule has 0 aliphatic heterocycles. The Labute approximate surface area is 98.8 Å². The third-order valence-electron chi connectivity index (χ3n) is 2.17. The van der Waals surface area contributed by atoms with Crippen LogP contribution in [0.15, 0.2) is 36.8 Å². The van der Waals surface area contributed by atoms with Gasteiger partial charge in [0.1, 0.15) is 17.1 Å². The van der Waals surface area contributed by atoms with Gasteiger partial charge in [-0.1, -0.05) is 0 Å². The van der Waals surface area contributed by atoms with Crippen LogP contribution >= 0.6 is 0 Å². The molecule has 2 aromatic heterocycles. The van der Waals surface area contributed by atoms with Gasteiger partial charge >= 0.3 is 0 Å². The molecule has 0 atom stereocenters. The lowest BCUT2D eigenvalue weighted by molar-refractivity contribution is 0.102. The van der Waals surface area contributed by atoms with Crippen LogP contribution in [-0.4, -0.2) is 22.5 Å². The van der Waals surface area contributed by atoms with E-state index in [-0.39, 0.29) is 5.91 Å². The summed E-state index contributed by atoms with van der Waals surface area (Å²) in [5.41, 5.74) is 1.06. The summed E-state index contributed by atoms with van der Waals surface area (Å²) in [4.78, 5) is 18.6. The Morgan fingerprint density at radius 1 is 1.53 bits per heavy atom. The van der Waals surface area contributed by atoms with Crippen LogP contribution in [0.1, 0.15) is 17.4 Å². The van der Waals surface area contributed by atoms with Gasteiger partial charge in [0.05, 0.1) is 12.8 Å². The molecule has 0 saturated carbocycles. The molecule has 5 heteroatoms. The fourth-order valence-electron chi connectivity index (χ4n) is 1.42. The first kappa shape index (κ1) is 11.2. The van der Waals surface area contributed by atoms with Crippen molar-refractivity contribution in [1.29, 1.82) is 0 Å². The van der Waals surface area contributed by atoms with Crippen molar-refractivity contribution in [2.75, 3.05) is 11.9 Å². The first-order chi connectivity index (χ1) is 8.31. The number of anilines is 1. The van der Waals surface area contributed by atoms with Gasteiger partial charge in [-0.2, -0.15) is 0 Å². The zero-order valence-corrected chi connectivity index (χ0v) is 9.43. The molecule has 0 aliphatic rings. The summed E-state index contributed by atoms with van der Waals surface area (Å²) in [7, 11) is 0. The number of aromatic nitrogens is 2. The van der Waals surface area contributed by atoms with Crippen molar-refractivity contribution >= 4 is 11.6 Å². The number of nitrogens with one attached hydrogen (secondary N) is 2. The van der Waals surface area contributed by atoms with E-state index in [1.165, 1.54) is 0 Å². The Hall–Kier alpha value is -2.30. The lowest BCUT2D eigenvalue weighted by Gasteiger charge is -2.09. The number of aromatic amines is 1. The van der Waals surface area contributed by atoms with E-state index in [1.54, 1.807) is 36.8 Å². The zero-order valence-electron chi connectivity index (χ0n) is 9.43. The van der Waals surface area contributed by atoms with Crippen molar-refractivity contribution < 1.29 is 9.53 Å². The lowest BCUT2D eigenvalue weighted by atomic mass is 10.3. The lowest BCUT2D eigenvalue weighted by Crippen LogP contribution is -2.13. The molecular weight excluding hydrogens is 218 g/mol. The van der Waals surface area contributed by atoms with Gasteiger partial charge in [0, 0.05) is 18.5 Å². The highest BCUT2D eigenvalue weighted by atomic mass is 16.5. The second kappa shape index (κ2) is 5.16. The maximum absolute atomic E-state index is 11.8. The number of hydrogen-bond donors (Lipinski definition) is 2. The SMILES string of the molecule is CCOc1ccncc1NC(=O)c1ccc[nH]1. The van der Waals surface area contributed by atoms with E-state index in [1.807, 2.05) is 6.92 Å². The van der Waals surface area contributed by atoms with E-state index in [4.69, 9.17) is 4.74 Å². The summed E-state index contributed by atoms with van der Waals surface area (Å²) in [6.07, 6.45) is 4.88. The number of pyridine rings is 1. The number of carbonyl (C=O) groups is 1. The molecule has 2 N–H and O–H groups in total. The first-order valence-electron chi connectivity index (χ1n) is 5.33. The molecule has 2 rings (SSSR count). The Bertz CT molecular complexity index is 494. The van der Waals surface area contributed by atoms with Crippen LogP contribution in [-0.2, 0) is 0 Å². The second-order valence-electron chi connectivity index (χ2n) is 3.34. The summed E-state index contributed by atoms with van der Waals surface area (Å²) in [6.45, 7) is 2.42. The van der Waals surface area contributed by atoms with Crippen molar-refractivity contribution in [3.63, 3.8) is 0 Å². The quantitative estimate of drug-likeness (QED) is 0.846. The van der Waals surface area contributed by atoms with Crippen LogP contribution in [0.3, 0.4) is 0 Å². The molecule has 5 nitrogen and oxygen atoms in total. The van der Waals surface area contributed by atoms with E-state index in [0.717, 1.165) is 0 Å². The van der Waals surface area contributed by atoms with Crippen LogP contribution in [0.25, 0.3) is 0 Å². The summed E-state index contributed by atoms with van der Waals surface area (Å²) >= 11 is 0. The van der Waals surface area contributed by atoms with Gasteiger partial charge in [-0.3, -0.25) is 9.78 Å². The highest BCUT2D eigenvalue weighted by Gasteiger charge is 2.10. The monoisotopic (exact) mass is 231 g/mol. The number of ether oxygens (including phenoxy) is 1. The summed E-state index contributed by atoms with van der Waals surface area (Å²) in [5, 5.41) is 2.74. The van der Waals surface area contributed by atoms with Crippen molar-refractivity contribution in [2.45, 2.75) is 6.92 Å². The number of rotatable bonds is 4. The average molecular weight is 231 g/mol. The Kier molecular flexibility index (Phi) is 3.40. The predicted octanol–water partition coefficient (Wildman–Crippen LogP) is 2.06. The maximum Gasteiger partial charge on any atom is 0.272 e. The highest BCUT2D eigenvalue weighted by Crippen LogP contribution is 2.22. The smallest absolute Gasteiger partial charge is 0.272 e. The standard InChI is InChI=1S/C12H13N3O2/c1-2-17-11-5-7-13-8-10(11)15-12(16)9-4-3-6-14-9/h3-8,14H,2H2,1H3,(H,15,16). The van der Waals surface area contributed by atoms with E-state index in [9.17, 15) is 4.79 Å². The molecule has 0 radical (unpaired) electrons. The molecule has 0 fully saturated rings. The van der Waals surface area contributed by atoms with Gasteiger partial charge in [-0.15, -0.1) is 0 Å². The van der Waals surface area contributed by atoms with E-state index in [0.29, 0.717) is 23.7 Å². The molecule has 0 aromatic carbocycles. The fraction of sp³-hybridized carbons (Fsp3) is 0.167. The van der Waals surface area contributed by atoms with Gasteiger partial charge in [0.15, 0.2) is 0 Å². The number of carbonyl (C=O) groups excluding carboxylic acids is 1. The van der Waals surface area contributed by atoms with E-state index < -0.39 is 0 Å². The highest BCUT2D eigenvalue weighted by molar-refractivity contribution is 6.03. The number of H-pyrrole nitrogens is 1. The van der Waals surface area contributed by atoms with Crippen LogP contribution in [0.5, 0.6) is 5.75 Å². The molecular formula is C12H13N3O2. The predicted molar refractivity (Wildman–Crippen MR) is 64.2 cm³/mol. The summed E-state index contributed by atoms with van der Waals surface area (Å²) in [5.74, 6) is 0.395. The second-order valence-corrected chi connectivity index (χ2v) is 3.34. The average Bonchev–Trinajstić information content (AvgIpc) is 2.85. The molecule has 0 unspecified atom stereocenters. The molecule has 88 valence electrons. The number of hydrogen-bond acceptors (Lipinski definition) is 3. The topological polar surface area (TPSA) is 67.0 Å². The third-order valence-corrected chi connectivity index (χ3v) is 2.17. The molecule has 0 bridgehead atoms. The van der Waals surface area contributed by atoms with Crippen molar-refractivity contribution in [3.8, 4) is 5.75 Å². The van der Waals surface area contributed by atoms with Crippen LogP contribution < -0.4 is 10.1 Å². The zero-order chi connectivity index (χ0) is 12.1. The van der Waals surface area contributed by atoms with Crippen molar-refractivity contribution in [2.24, 2.45) is 0 Å². The Balaban J connectivity index is 2.15. The molecule has 2 aromatic rings.